The maximum atomic E-state index is 12.8. The molecule has 4 heterocycles. The molecule has 1 fully saturated rings. The number of ether oxygens (including phenoxy) is 1. The second-order valence-corrected chi connectivity index (χ2v) is 8.48. The predicted octanol–water partition coefficient (Wildman–Crippen LogP) is 4.10. The minimum atomic E-state index is -0.243. The highest BCUT2D eigenvalue weighted by atomic mass is 16.5. The smallest absolute Gasteiger partial charge is 0.324 e. The maximum Gasteiger partial charge on any atom is 0.324 e. The summed E-state index contributed by atoms with van der Waals surface area (Å²) in [4.78, 5) is 35.7. The van der Waals surface area contributed by atoms with Crippen molar-refractivity contribution in [2.24, 2.45) is 0 Å². The van der Waals surface area contributed by atoms with E-state index in [4.69, 9.17) is 9.15 Å². The molecule has 3 aromatic heterocycles. The van der Waals surface area contributed by atoms with Crippen LogP contribution in [-0.4, -0.2) is 51.8 Å². The fraction of sp³-hybridized carbons (Fsp3) is 0.417. The molecule has 0 atom stereocenters. The second kappa shape index (κ2) is 9.58. The number of likely N-dealkylation sites (tertiary alicyclic amines) is 1. The molecule has 33 heavy (non-hydrogen) atoms. The fourth-order valence-corrected chi connectivity index (χ4v) is 3.94. The number of hydrogen-bond donors (Lipinski definition) is 1. The van der Waals surface area contributed by atoms with Gasteiger partial charge in [0.15, 0.2) is 5.76 Å². The van der Waals surface area contributed by atoms with E-state index in [2.05, 4.69) is 15.3 Å². The summed E-state index contributed by atoms with van der Waals surface area (Å²) in [5.41, 5.74) is 1.95. The van der Waals surface area contributed by atoms with Gasteiger partial charge in [-0.1, -0.05) is 0 Å². The first-order chi connectivity index (χ1) is 15.9. The summed E-state index contributed by atoms with van der Waals surface area (Å²) in [5, 5.41) is 2.81. The molecule has 9 heteroatoms. The Kier molecular flexibility index (Phi) is 6.60. The van der Waals surface area contributed by atoms with Crippen LogP contribution in [0.1, 0.15) is 38.5 Å². The number of piperidine rings is 1. The number of carbonyl (C=O) groups excluding carboxylic acids is 1. The van der Waals surface area contributed by atoms with E-state index in [1.54, 1.807) is 35.0 Å². The lowest BCUT2D eigenvalue weighted by Gasteiger charge is -2.30. The van der Waals surface area contributed by atoms with Crippen molar-refractivity contribution in [2.75, 3.05) is 25.5 Å². The standard InChI is InChI=1S/C24H29N5O4/c1-15(2)29-14-17(6-8-21(29)30)19-13-25-23(26-22(19)20-7-5-16(3)33-20)27-24(31)28-11-9-18(32-4)10-12-28/h5-8,13-15,18H,9-12H2,1-4H3,(H,25,26,27,31). The van der Waals surface area contributed by atoms with Crippen molar-refractivity contribution < 1.29 is 13.9 Å². The number of pyridine rings is 1. The summed E-state index contributed by atoms with van der Waals surface area (Å²) in [6.07, 6.45) is 5.23. The van der Waals surface area contributed by atoms with Crippen LogP contribution in [0.25, 0.3) is 22.6 Å². The SMILES string of the molecule is COC1CCN(C(=O)Nc2ncc(-c3ccc(=O)n(C(C)C)c3)c(-c3ccc(C)o3)n2)CC1. The van der Waals surface area contributed by atoms with Gasteiger partial charge in [-0.05, 0) is 51.8 Å². The molecule has 1 aliphatic rings. The van der Waals surface area contributed by atoms with E-state index in [0.29, 0.717) is 30.1 Å². The Labute approximate surface area is 192 Å². The Morgan fingerprint density at radius 3 is 2.61 bits per heavy atom. The third-order valence-electron chi connectivity index (χ3n) is 5.85. The molecule has 9 nitrogen and oxygen atoms in total. The Bertz CT molecular complexity index is 1190. The summed E-state index contributed by atoms with van der Waals surface area (Å²) in [5.74, 6) is 1.50. The summed E-state index contributed by atoms with van der Waals surface area (Å²) in [6, 6.07) is 6.74. The quantitative estimate of drug-likeness (QED) is 0.627. The number of methoxy groups -OCH3 is 1. The van der Waals surface area contributed by atoms with E-state index in [1.807, 2.05) is 32.9 Å². The number of furan rings is 1. The van der Waals surface area contributed by atoms with Crippen LogP contribution < -0.4 is 10.9 Å². The zero-order valence-corrected chi connectivity index (χ0v) is 19.4. The number of carbonyl (C=O) groups is 1. The summed E-state index contributed by atoms with van der Waals surface area (Å²) >= 11 is 0. The number of urea groups is 1. The van der Waals surface area contributed by atoms with E-state index in [9.17, 15) is 9.59 Å². The van der Waals surface area contributed by atoms with Gasteiger partial charge in [-0.2, -0.15) is 0 Å². The molecule has 0 spiro atoms. The van der Waals surface area contributed by atoms with Crippen molar-refractivity contribution in [1.29, 1.82) is 0 Å². The van der Waals surface area contributed by atoms with Crippen molar-refractivity contribution in [1.82, 2.24) is 19.4 Å². The largest absolute Gasteiger partial charge is 0.460 e. The lowest BCUT2D eigenvalue weighted by atomic mass is 10.1. The molecule has 1 saturated heterocycles. The minimum Gasteiger partial charge on any atom is -0.460 e. The van der Waals surface area contributed by atoms with Crippen LogP contribution in [0.5, 0.6) is 0 Å². The van der Waals surface area contributed by atoms with Crippen molar-refractivity contribution in [2.45, 2.75) is 45.8 Å². The van der Waals surface area contributed by atoms with Crippen LogP contribution in [-0.2, 0) is 4.74 Å². The first kappa shape index (κ1) is 22.7. The highest BCUT2D eigenvalue weighted by molar-refractivity contribution is 5.88. The van der Waals surface area contributed by atoms with Gasteiger partial charge >= 0.3 is 6.03 Å². The van der Waals surface area contributed by atoms with E-state index in [1.165, 1.54) is 6.07 Å². The molecule has 1 N–H and O–H groups in total. The Hall–Kier alpha value is -3.46. The monoisotopic (exact) mass is 451 g/mol. The predicted molar refractivity (Wildman–Crippen MR) is 125 cm³/mol. The molecule has 3 aromatic rings. The molecule has 0 aliphatic carbocycles. The van der Waals surface area contributed by atoms with Crippen LogP contribution in [0, 0.1) is 6.92 Å². The summed E-state index contributed by atoms with van der Waals surface area (Å²) in [6.45, 7) is 6.99. The summed E-state index contributed by atoms with van der Waals surface area (Å²) in [7, 11) is 1.70. The van der Waals surface area contributed by atoms with Gasteiger partial charge in [-0.25, -0.2) is 14.8 Å². The minimum absolute atomic E-state index is 0.00786. The number of nitrogens with zero attached hydrogens (tertiary/aromatic N) is 4. The Morgan fingerprint density at radius 1 is 1.21 bits per heavy atom. The van der Waals surface area contributed by atoms with Crippen LogP contribution >= 0.6 is 0 Å². The van der Waals surface area contributed by atoms with Gasteiger partial charge < -0.3 is 18.6 Å². The molecule has 0 aromatic carbocycles. The highest BCUT2D eigenvalue weighted by Gasteiger charge is 2.24. The fourth-order valence-electron chi connectivity index (χ4n) is 3.94. The molecule has 0 saturated carbocycles. The number of rotatable bonds is 5. The van der Waals surface area contributed by atoms with Gasteiger partial charge in [-0.15, -0.1) is 0 Å². The van der Waals surface area contributed by atoms with Crippen LogP contribution in [0.15, 0.2) is 45.9 Å². The molecule has 1 aliphatic heterocycles. The van der Waals surface area contributed by atoms with Crippen LogP contribution in [0.3, 0.4) is 0 Å². The number of amides is 2. The second-order valence-electron chi connectivity index (χ2n) is 8.48. The lowest BCUT2D eigenvalue weighted by molar-refractivity contribution is 0.0521. The number of anilines is 1. The Morgan fingerprint density at radius 2 is 1.97 bits per heavy atom. The first-order valence-electron chi connectivity index (χ1n) is 11.1. The average molecular weight is 452 g/mol. The number of nitrogens with one attached hydrogen (secondary N) is 1. The van der Waals surface area contributed by atoms with Crippen LogP contribution in [0.4, 0.5) is 10.7 Å². The normalized spacial score (nSPS) is 14.6. The topological polar surface area (TPSA) is 102 Å². The molecule has 0 bridgehead atoms. The zero-order chi connectivity index (χ0) is 23.5. The lowest BCUT2D eigenvalue weighted by Crippen LogP contribution is -2.43. The van der Waals surface area contributed by atoms with Crippen molar-refractivity contribution >= 4 is 12.0 Å². The molecule has 4 rings (SSSR count). The van der Waals surface area contributed by atoms with Gasteiger partial charge in [0.1, 0.15) is 11.5 Å². The molecule has 174 valence electrons. The Balaban J connectivity index is 1.66. The van der Waals surface area contributed by atoms with E-state index in [0.717, 1.165) is 24.2 Å². The summed E-state index contributed by atoms with van der Waals surface area (Å²) < 4.78 is 12.9. The van der Waals surface area contributed by atoms with Gasteiger partial charge in [-0.3, -0.25) is 10.1 Å². The molecular weight excluding hydrogens is 422 g/mol. The van der Waals surface area contributed by atoms with Gasteiger partial charge in [0.25, 0.3) is 5.56 Å². The average Bonchev–Trinajstić information content (AvgIpc) is 3.25. The van der Waals surface area contributed by atoms with Gasteiger partial charge in [0, 0.05) is 55.8 Å². The first-order valence-corrected chi connectivity index (χ1v) is 11.1. The van der Waals surface area contributed by atoms with Crippen molar-refractivity contribution in [3.05, 3.63) is 52.8 Å². The van der Waals surface area contributed by atoms with E-state index < -0.39 is 0 Å². The van der Waals surface area contributed by atoms with E-state index >= 15 is 0 Å². The third kappa shape index (κ3) is 4.98. The third-order valence-corrected chi connectivity index (χ3v) is 5.85. The maximum absolute atomic E-state index is 12.8. The van der Waals surface area contributed by atoms with Crippen LogP contribution in [0.2, 0.25) is 0 Å². The zero-order valence-electron chi connectivity index (χ0n) is 19.4. The molecule has 0 unspecified atom stereocenters. The number of hydrogen-bond acceptors (Lipinski definition) is 6. The number of aryl methyl sites for hydroxylation is 1. The number of aromatic nitrogens is 3. The molecule has 2 amide bonds. The van der Waals surface area contributed by atoms with E-state index in [-0.39, 0.29) is 29.7 Å². The molecule has 0 radical (unpaired) electrons. The molecular formula is C24H29N5O4. The van der Waals surface area contributed by atoms with Crippen molar-refractivity contribution in [3.63, 3.8) is 0 Å². The van der Waals surface area contributed by atoms with Gasteiger partial charge in [0.05, 0.1) is 6.10 Å². The van der Waals surface area contributed by atoms with Crippen molar-refractivity contribution in [3.8, 4) is 22.6 Å². The van der Waals surface area contributed by atoms with Gasteiger partial charge in [0.2, 0.25) is 5.95 Å². The highest BCUT2D eigenvalue weighted by Crippen LogP contribution is 2.32.